The van der Waals surface area contributed by atoms with Gasteiger partial charge in [0.1, 0.15) is 10.7 Å². The standard InChI is InChI=1S/C38H32N5S/c1-3-38(4-2)24-35-31(37-30-18-12-11-13-26(30)19-20-42(37)38)23-36(44-35)43-25-34(40-41-43)29-21-32(27-14-7-5-8-15-27)39-33(22-29)28-16-9-6-10-17-28/h5-23,25H,3-4,24H2,1-2H3/q+1. The average molecular weight is 591 g/mol. The van der Waals surface area contributed by atoms with Gasteiger partial charge in [-0.25, -0.2) is 9.67 Å². The molecule has 214 valence electrons. The molecule has 7 aromatic rings. The Bertz CT molecular complexity index is 2070. The minimum absolute atomic E-state index is 0.0563. The molecule has 5 nitrogen and oxygen atoms in total. The van der Waals surface area contributed by atoms with Crippen LogP contribution in [0.3, 0.4) is 0 Å². The fourth-order valence-electron chi connectivity index (χ4n) is 6.67. The third-order valence-corrected chi connectivity index (χ3v) is 10.3. The minimum atomic E-state index is 0.0563. The maximum Gasteiger partial charge on any atom is 0.222 e. The van der Waals surface area contributed by atoms with Gasteiger partial charge in [0.05, 0.1) is 28.5 Å². The van der Waals surface area contributed by atoms with E-state index in [0.717, 1.165) is 58.0 Å². The monoisotopic (exact) mass is 590 g/mol. The van der Waals surface area contributed by atoms with Gasteiger partial charge < -0.3 is 0 Å². The highest BCUT2D eigenvalue weighted by atomic mass is 32.1. The zero-order valence-corrected chi connectivity index (χ0v) is 25.6. The van der Waals surface area contributed by atoms with E-state index < -0.39 is 0 Å². The maximum atomic E-state index is 5.03. The normalized spacial score (nSPS) is 13.5. The summed E-state index contributed by atoms with van der Waals surface area (Å²) in [5.74, 6) is 0. The van der Waals surface area contributed by atoms with E-state index in [1.165, 1.54) is 26.9 Å². The smallest absolute Gasteiger partial charge is 0.222 e. The molecule has 0 unspecified atom stereocenters. The fourth-order valence-corrected chi connectivity index (χ4v) is 7.89. The molecule has 0 fully saturated rings. The van der Waals surface area contributed by atoms with Crippen LogP contribution >= 0.6 is 11.3 Å². The highest BCUT2D eigenvalue weighted by Crippen LogP contribution is 2.44. The summed E-state index contributed by atoms with van der Waals surface area (Å²) in [4.78, 5) is 6.44. The lowest BCUT2D eigenvalue weighted by Crippen LogP contribution is -2.59. The van der Waals surface area contributed by atoms with Gasteiger partial charge in [0.2, 0.25) is 5.69 Å². The van der Waals surface area contributed by atoms with Gasteiger partial charge in [-0.3, -0.25) is 0 Å². The summed E-state index contributed by atoms with van der Waals surface area (Å²) in [5.41, 5.74) is 8.46. The Morgan fingerprint density at radius 3 is 2.09 bits per heavy atom. The molecule has 8 rings (SSSR count). The molecular weight excluding hydrogens is 559 g/mol. The first-order valence-corrected chi connectivity index (χ1v) is 16.1. The molecule has 1 aliphatic rings. The van der Waals surface area contributed by atoms with Crippen molar-refractivity contribution in [2.45, 2.75) is 38.6 Å². The third kappa shape index (κ3) is 4.37. The second kappa shape index (κ2) is 10.6. The summed E-state index contributed by atoms with van der Waals surface area (Å²) in [6, 6.07) is 38.2. The van der Waals surface area contributed by atoms with E-state index in [1.807, 2.05) is 52.4 Å². The van der Waals surface area contributed by atoms with Crippen molar-refractivity contribution in [3.63, 3.8) is 0 Å². The van der Waals surface area contributed by atoms with Crippen molar-refractivity contribution >= 4 is 22.1 Å². The van der Waals surface area contributed by atoms with Crippen LogP contribution in [-0.2, 0) is 12.0 Å². The Labute approximate surface area is 261 Å². The Kier molecular flexibility index (Phi) is 6.46. The lowest BCUT2D eigenvalue weighted by molar-refractivity contribution is -0.757. The number of hydrogen-bond donors (Lipinski definition) is 0. The molecule has 0 bridgehead atoms. The lowest BCUT2D eigenvalue weighted by Gasteiger charge is -2.31. The highest BCUT2D eigenvalue weighted by Gasteiger charge is 2.45. The Hall–Kier alpha value is -4.94. The number of hydrogen-bond acceptors (Lipinski definition) is 4. The Morgan fingerprint density at radius 1 is 0.750 bits per heavy atom. The van der Waals surface area contributed by atoms with E-state index in [-0.39, 0.29) is 5.54 Å². The van der Waals surface area contributed by atoms with Crippen molar-refractivity contribution in [1.82, 2.24) is 20.0 Å². The summed E-state index contributed by atoms with van der Waals surface area (Å²) in [6.45, 7) is 4.64. The van der Waals surface area contributed by atoms with Crippen LogP contribution in [0.1, 0.15) is 31.6 Å². The van der Waals surface area contributed by atoms with Crippen molar-refractivity contribution in [2.75, 3.05) is 0 Å². The van der Waals surface area contributed by atoms with Gasteiger partial charge in [0.15, 0.2) is 11.7 Å². The average Bonchev–Trinajstić information content (AvgIpc) is 3.76. The molecule has 44 heavy (non-hydrogen) atoms. The van der Waals surface area contributed by atoms with Crippen LogP contribution < -0.4 is 4.57 Å². The van der Waals surface area contributed by atoms with E-state index in [2.05, 4.69) is 114 Å². The minimum Gasteiger partial charge on any atom is -0.248 e. The predicted octanol–water partition coefficient (Wildman–Crippen LogP) is 8.90. The van der Waals surface area contributed by atoms with Crippen LogP contribution in [0.15, 0.2) is 122 Å². The first-order chi connectivity index (χ1) is 21.7. The number of benzene rings is 3. The van der Waals surface area contributed by atoms with E-state index in [4.69, 9.17) is 4.98 Å². The van der Waals surface area contributed by atoms with Gasteiger partial charge in [-0.1, -0.05) is 97.9 Å². The topological polar surface area (TPSA) is 47.5 Å². The third-order valence-electron chi connectivity index (χ3n) is 9.21. The first-order valence-electron chi connectivity index (χ1n) is 15.3. The molecule has 0 N–H and O–H groups in total. The number of rotatable bonds is 6. The zero-order valence-electron chi connectivity index (χ0n) is 24.8. The van der Waals surface area contributed by atoms with Crippen LogP contribution in [0.2, 0.25) is 0 Å². The second-order valence-electron chi connectivity index (χ2n) is 11.6. The summed E-state index contributed by atoms with van der Waals surface area (Å²) >= 11 is 1.84. The van der Waals surface area contributed by atoms with Crippen LogP contribution in [0.4, 0.5) is 0 Å². The fraction of sp³-hybridized carbons (Fsp3) is 0.158. The number of aromatic nitrogens is 5. The molecule has 1 aliphatic heterocycles. The van der Waals surface area contributed by atoms with E-state index >= 15 is 0 Å². The summed E-state index contributed by atoms with van der Waals surface area (Å²) < 4.78 is 4.49. The maximum absolute atomic E-state index is 5.03. The lowest BCUT2D eigenvalue weighted by atomic mass is 9.82. The van der Waals surface area contributed by atoms with Crippen LogP contribution in [0.5, 0.6) is 0 Å². The number of thiophene rings is 1. The molecule has 0 radical (unpaired) electrons. The van der Waals surface area contributed by atoms with Gasteiger partial charge in [-0.05, 0) is 29.7 Å². The molecule has 0 aliphatic carbocycles. The second-order valence-corrected chi connectivity index (χ2v) is 12.7. The van der Waals surface area contributed by atoms with Gasteiger partial charge >= 0.3 is 0 Å². The van der Waals surface area contributed by atoms with Crippen molar-refractivity contribution in [1.29, 1.82) is 0 Å². The SMILES string of the molecule is CCC1(CC)Cc2sc(-n3cc(-c4cc(-c5ccccc5)nc(-c5ccccc5)c4)nn3)cc2-c2c3ccccc3cc[n+]21. The van der Waals surface area contributed by atoms with Crippen LogP contribution in [-0.4, -0.2) is 20.0 Å². The molecule has 4 aromatic heterocycles. The Balaban J connectivity index is 1.24. The molecule has 0 saturated carbocycles. The molecule has 6 heteroatoms. The summed E-state index contributed by atoms with van der Waals surface area (Å²) in [7, 11) is 0. The number of fused-ring (bicyclic) bond motifs is 5. The quantitative estimate of drug-likeness (QED) is 0.182. The van der Waals surface area contributed by atoms with Crippen molar-refractivity contribution in [3.05, 3.63) is 126 Å². The molecule has 5 heterocycles. The van der Waals surface area contributed by atoms with Gasteiger partial charge in [-0.15, -0.1) is 16.4 Å². The van der Waals surface area contributed by atoms with Crippen LogP contribution in [0.25, 0.3) is 60.8 Å². The molecule has 0 saturated heterocycles. The van der Waals surface area contributed by atoms with Crippen molar-refractivity contribution < 1.29 is 4.57 Å². The van der Waals surface area contributed by atoms with Crippen molar-refractivity contribution in [2.24, 2.45) is 0 Å². The summed E-state index contributed by atoms with van der Waals surface area (Å²) in [5, 5.41) is 13.0. The van der Waals surface area contributed by atoms with Crippen molar-refractivity contribution in [3.8, 4) is 50.0 Å². The molecule has 0 spiro atoms. The molecule has 0 amide bonds. The van der Waals surface area contributed by atoms with E-state index in [1.54, 1.807) is 0 Å². The summed E-state index contributed by atoms with van der Waals surface area (Å²) in [6.07, 6.45) is 7.53. The highest BCUT2D eigenvalue weighted by molar-refractivity contribution is 7.15. The van der Waals surface area contributed by atoms with Gasteiger partial charge in [0, 0.05) is 46.9 Å². The Morgan fingerprint density at radius 2 is 1.41 bits per heavy atom. The van der Waals surface area contributed by atoms with E-state index in [9.17, 15) is 0 Å². The van der Waals surface area contributed by atoms with E-state index in [0.29, 0.717) is 0 Å². The molecule has 3 aromatic carbocycles. The molecule has 0 atom stereocenters. The number of pyridine rings is 2. The van der Waals surface area contributed by atoms with Gasteiger partial charge in [0.25, 0.3) is 0 Å². The number of nitrogens with zero attached hydrogens (tertiary/aromatic N) is 5. The molecular formula is C38H32N5S+. The largest absolute Gasteiger partial charge is 0.248 e. The van der Waals surface area contributed by atoms with Crippen LogP contribution in [0, 0.1) is 0 Å². The zero-order chi connectivity index (χ0) is 29.7. The first kappa shape index (κ1) is 26.7. The van der Waals surface area contributed by atoms with Gasteiger partial charge in [-0.2, -0.15) is 4.57 Å². The predicted molar refractivity (Wildman–Crippen MR) is 179 cm³/mol.